The maximum atomic E-state index is 11.0. The van der Waals surface area contributed by atoms with Crippen LogP contribution in [-0.4, -0.2) is 38.9 Å². The van der Waals surface area contributed by atoms with E-state index in [1.807, 2.05) is 0 Å². The number of nitrogens with one attached hydrogen (secondary N) is 1. The van der Waals surface area contributed by atoms with Crippen molar-refractivity contribution >= 4 is 29.8 Å². The lowest BCUT2D eigenvalue weighted by atomic mass is 10.2. The average Bonchev–Trinajstić information content (AvgIpc) is 2.16. The first-order chi connectivity index (χ1) is 7.20. The number of carbonyl (C=O) groups excluding carboxylic acids is 2. The van der Waals surface area contributed by atoms with Gasteiger partial charge in [0, 0.05) is 6.20 Å². The number of amides is 2. The zero-order chi connectivity index (χ0) is 10.8. The summed E-state index contributed by atoms with van der Waals surface area (Å²) in [5.41, 5.74) is 0. The molecule has 0 saturated carbocycles. The molecule has 6 nitrogen and oxygen atoms in total. The lowest BCUT2D eigenvalue weighted by Crippen LogP contribution is -2.51. The first-order valence-electron chi connectivity index (χ1n) is 4.33. The van der Waals surface area contributed by atoms with Gasteiger partial charge in [0.1, 0.15) is 6.21 Å². The fourth-order valence-corrected chi connectivity index (χ4v) is 2.63. The van der Waals surface area contributed by atoms with Crippen molar-refractivity contribution in [2.24, 2.45) is 5.16 Å². The molecule has 15 heavy (non-hydrogen) atoms. The highest BCUT2D eigenvalue weighted by Crippen LogP contribution is 2.35. The van der Waals surface area contributed by atoms with Crippen LogP contribution in [0.2, 0.25) is 0 Å². The summed E-state index contributed by atoms with van der Waals surface area (Å²) in [5.74, 6) is -0.357. The third-order valence-corrected chi connectivity index (χ3v) is 3.41. The number of β-lactam (4-membered cyclic amide) rings is 1. The van der Waals surface area contributed by atoms with E-state index in [9.17, 15) is 9.59 Å². The van der Waals surface area contributed by atoms with Crippen molar-refractivity contribution in [1.29, 1.82) is 0 Å². The van der Waals surface area contributed by atoms with Crippen molar-refractivity contribution in [3.05, 3.63) is 12.3 Å². The molecule has 2 N–H and O–H groups in total. The van der Waals surface area contributed by atoms with E-state index in [0.717, 1.165) is 6.21 Å². The second-order valence-corrected chi connectivity index (χ2v) is 4.44. The summed E-state index contributed by atoms with van der Waals surface area (Å²) in [7, 11) is 0. The summed E-state index contributed by atoms with van der Waals surface area (Å²) < 4.78 is 0. The van der Waals surface area contributed by atoms with Gasteiger partial charge in [-0.1, -0.05) is 5.16 Å². The summed E-state index contributed by atoms with van der Waals surface area (Å²) in [6.07, 6.45) is 4.71. The van der Waals surface area contributed by atoms with Gasteiger partial charge in [0.2, 0.25) is 5.91 Å². The van der Waals surface area contributed by atoms with Crippen LogP contribution in [0.3, 0.4) is 0 Å². The molecule has 1 saturated heterocycles. The smallest absolute Gasteiger partial charge is 0.266 e. The van der Waals surface area contributed by atoms with E-state index in [-0.39, 0.29) is 16.7 Å². The molecule has 0 aromatic rings. The van der Waals surface area contributed by atoms with Gasteiger partial charge in [0.15, 0.2) is 0 Å². The van der Waals surface area contributed by atoms with Gasteiger partial charge in [-0.05, 0) is 6.08 Å². The van der Waals surface area contributed by atoms with Gasteiger partial charge in [-0.3, -0.25) is 9.59 Å². The van der Waals surface area contributed by atoms with E-state index in [0.29, 0.717) is 6.42 Å². The Labute approximate surface area is 90.0 Å². The Morgan fingerprint density at radius 1 is 1.80 bits per heavy atom. The molecule has 0 radical (unpaired) electrons. The van der Waals surface area contributed by atoms with Crippen LogP contribution in [0.4, 0.5) is 0 Å². The normalized spacial score (nSPS) is 28.8. The van der Waals surface area contributed by atoms with Gasteiger partial charge >= 0.3 is 0 Å². The minimum absolute atomic E-state index is 0.102. The molecule has 2 amide bonds. The number of thioether (sulfide) groups is 1. The molecule has 7 heteroatoms. The van der Waals surface area contributed by atoms with Crippen LogP contribution < -0.4 is 5.32 Å². The van der Waals surface area contributed by atoms with Crippen LogP contribution in [-0.2, 0) is 9.59 Å². The van der Waals surface area contributed by atoms with Crippen LogP contribution in [0.25, 0.3) is 0 Å². The number of fused-ring (bicyclic) bond motifs is 1. The lowest BCUT2D eigenvalue weighted by Gasteiger charge is -2.41. The Balaban J connectivity index is 1.91. The highest BCUT2D eigenvalue weighted by atomic mass is 32.2. The highest BCUT2D eigenvalue weighted by molar-refractivity contribution is 8.00. The molecule has 2 aliphatic heterocycles. The molecule has 0 aromatic heterocycles. The molecular formula is C8H9N3O3S. The molecule has 80 valence electrons. The summed E-state index contributed by atoms with van der Waals surface area (Å²) in [5, 5.41) is 13.3. The highest BCUT2D eigenvalue weighted by Gasteiger charge is 2.39. The molecule has 2 atom stereocenters. The monoisotopic (exact) mass is 227 g/mol. The largest absolute Gasteiger partial charge is 0.411 e. The summed E-state index contributed by atoms with van der Waals surface area (Å²) >= 11 is 1.48. The lowest BCUT2D eigenvalue weighted by molar-refractivity contribution is -0.137. The maximum Gasteiger partial charge on any atom is 0.266 e. The van der Waals surface area contributed by atoms with Gasteiger partial charge in [-0.25, -0.2) is 0 Å². The first-order valence-corrected chi connectivity index (χ1v) is 5.28. The van der Waals surface area contributed by atoms with Gasteiger partial charge in [-0.2, -0.15) is 0 Å². The third-order valence-electron chi connectivity index (χ3n) is 2.13. The minimum atomic E-state index is -0.459. The zero-order valence-corrected chi connectivity index (χ0v) is 8.48. The molecule has 1 fully saturated rings. The zero-order valence-electron chi connectivity index (χ0n) is 7.66. The van der Waals surface area contributed by atoms with E-state index in [1.54, 1.807) is 17.2 Å². The van der Waals surface area contributed by atoms with Gasteiger partial charge < -0.3 is 15.4 Å². The first kappa shape index (κ1) is 10.0. The van der Waals surface area contributed by atoms with Crippen molar-refractivity contribution in [2.75, 3.05) is 0 Å². The van der Waals surface area contributed by atoms with Crippen molar-refractivity contribution in [3.8, 4) is 0 Å². The second kappa shape index (κ2) is 3.93. The SMILES string of the molecule is O=C(C=NO)NC1C=CN2C(=O)C[C@H]2S1. The van der Waals surface area contributed by atoms with Gasteiger partial charge in [0.25, 0.3) is 5.91 Å². The Morgan fingerprint density at radius 2 is 2.60 bits per heavy atom. The standard InChI is InChI=1S/C8H9N3O3S/c12-5(4-9-14)10-6-1-2-11-7(13)3-8(11)15-6/h1-2,4,6,8,14H,3H2,(H,10,12)/t6?,8-/m1/s1. The Kier molecular flexibility index (Phi) is 2.63. The third kappa shape index (κ3) is 1.96. The fourth-order valence-electron chi connectivity index (χ4n) is 1.39. The van der Waals surface area contributed by atoms with Crippen LogP contribution in [0, 0.1) is 0 Å². The number of hydrogen-bond donors (Lipinski definition) is 2. The quantitative estimate of drug-likeness (QED) is 0.294. The summed E-state index contributed by atoms with van der Waals surface area (Å²) in [4.78, 5) is 23.7. The predicted octanol–water partition coefficient (Wildman–Crippen LogP) is -0.292. The van der Waals surface area contributed by atoms with Gasteiger partial charge in [0.05, 0.1) is 17.2 Å². The maximum absolute atomic E-state index is 11.0. The molecule has 1 unspecified atom stereocenters. The summed E-state index contributed by atoms with van der Waals surface area (Å²) in [6, 6.07) is 0. The molecule has 2 heterocycles. The Bertz CT molecular complexity index is 355. The molecule has 0 bridgehead atoms. The van der Waals surface area contributed by atoms with Crippen molar-refractivity contribution in [1.82, 2.24) is 10.2 Å². The molecular weight excluding hydrogens is 218 g/mol. The van der Waals surface area contributed by atoms with Crippen LogP contribution in [0.15, 0.2) is 17.4 Å². The second-order valence-electron chi connectivity index (χ2n) is 3.11. The number of carbonyl (C=O) groups is 2. The van der Waals surface area contributed by atoms with Crippen LogP contribution in [0.5, 0.6) is 0 Å². The predicted molar refractivity (Wildman–Crippen MR) is 54.2 cm³/mol. The molecule has 0 aliphatic carbocycles. The molecule has 2 rings (SSSR count). The number of nitrogens with zero attached hydrogens (tertiary/aromatic N) is 2. The molecule has 2 aliphatic rings. The minimum Gasteiger partial charge on any atom is -0.411 e. The van der Waals surface area contributed by atoms with E-state index in [1.165, 1.54) is 11.8 Å². The number of hydrogen-bond acceptors (Lipinski definition) is 5. The fraction of sp³-hybridized carbons (Fsp3) is 0.375. The van der Waals surface area contributed by atoms with Gasteiger partial charge in [-0.15, -0.1) is 11.8 Å². The van der Waals surface area contributed by atoms with E-state index >= 15 is 0 Å². The number of oxime groups is 1. The average molecular weight is 227 g/mol. The molecule has 0 aromatic carbocycles. The van der Waals surface area contributed by atoms with E-state index in [4.69, 9.17) is 5.21 Å². The Morgan fingerprint density at radius 3 is 3.20 bits per heavy atom. The van der Waals surface area contributed by atoms with Crippen molar-refractivity contribution in [2.45, 2.75) is 17.2 Å². The molecule has 0 spiro atoms. The van der Waals surface area contributed by atoms with Crippen LogP contribution >= 0.6 is 11.8 Å². The van der Waals surface area contributed by atoms with Crippen molar-refractivity contribution in [3.63, 3.8) is 0 Å². The topological polar surface area (TPSA) is 82.0 Å². The van der Waals surface area contributed by atoms with Crippen LogP contribution in [0.1, 0.15) is 6.42 Å². The van der Waals surface area contributed by atoms with Crippen molar-refractivity contribution < 1.29 is 14.8 Å². The number of rotatable bonds is 2. The van der Waals surface area contributed by atoms with E-state index < -0.39 is 5.91 Å². The van der Waals surface area contributed by atoms with E-state index in [2.05, 4.69) is 10.5 Å². The Hall–Kier alpha value is -1.50. The summed E-state index contributed by atoms with van der Waals surface area (Å²) in [6.45, 7) is 0.